The molecule has 1 aliphatic rings. The maximum absolute atomic E-state index is 14.2. The summed E-state index contributed by atoms with van der Waals surface area (Å²) in [5.74, 6) is 1.12. The molecular formula is C16H21FN4. The van der Waals surface area contributed by atoms with Crippen molar-refractivity contribution in [3.8, 4) is 5.69 Å². The van der Waals surface area contributed by atoms with E-state index in [0.717, 1.165) is 18.0 Å². The predicted octanol–water partition coefficient (Wildman–Crippen LogP) is 3.64. The van der Waals surface area contributed by atoms with E-state index in [2.05, 4.69) is 29.2 Å². The Hall–Kier alpha value is -1.91. The quantitative estimate of drug-likeness (QED) is 0.937. The molecule has 2 aromatic rings. The van der Waals surface area contributed by atoms with Crippen LogP contribution in [0.4, 0.5) is 10.1 Å². The Kier molecular flexibility index (Phi) is 3.90. The smallest absolute Gasteiger partial charge is 0.150 e. The van der Waals surface area contributed by atoms with E-state index in [1.54, 1.807) is 12.1 Å². The minimum Gasteiger partial charge on any atom is -0.382 e. The van der Waals surface area contributed by atoms with Crippen molar-refractivity contribution < 1.29 is 4.39 Å². The number of rotatable bonds is 3. The Bertz CT molecular complexity index is 596. The molecule has 0 spiro atoms. The lowest BCUT2D eigenvalue weighted by Gasteiger charge is -2.33. The summed E-state index contributed by atoms with van der Waals surface area (Å²) < 4.78 is 15.6. The number of aromatic nitrogens is 3. The molecule has 112 valence electrons. The van der Waals surface area contributed by atoms with Crippen molar-refractivity contribution in [3.05, 3.63) is 36.7 Å². The third kappa shape index (κ3) is 3.06. The Morgan fingerprint density at radius 3 is 2.81 bits per heavy atom. The van der Waals surface area contributed by atoms with Crippen LogP contribution in [0.3, 0.4) is 0 Å². The Balaban J connectivity index is 1.74. The molecule has 21 heavy (non-hydrogen) atoms. The zero-order valence-electron chi connectivity index (χ0n) is 12.5. The highest BCUT2D eigenvalue weighted by atomic mass is 19.1. The average Bonchev–Trinajstić information content (AvgIpc) is 2.96. The van der Waals surface area contributed by atoms with Gasteiger partial charge in [-0.1, -0.05) is 13.8 Å². The third-order valence-electron chi connectivity index (χ3n) is 4.40. The Labute approximate surface area is 124 Å². The zero-order chi connectivity index (χ0) is 14.8. The summed E-state index contributed by atoms with van der Waals surface area (Å²) in [6.45, 7) is 4.58. The summed E-state index contributed by atoms with van der Waals surface area (Å²) in [7, 11) is 0. The fraction of sp³-hybridized carbons (Fsp3) is 0.500. The van der Waals surface area contributed by atoms with Gasteiger partial charge in [0.25, 0.3) is 0 Å². The summed E-state index contributed by atoms with van der Waals surface area (Å²) in [6.07, 6.45) is 6.51. The lowest BCUT2D eigenvalue weighted by Crippen LogP contribution is -2.33. The van der Waals surface area contributed by atoms with Crippen molar-refractivity contribution in [1.82, 2.24) is 14.8 Å². The van der Waals surface area contributed by atoms with Crippen LogP contribution in [0.2, 0.25) is 0 Å². The van der Waals surface area contributed by atoms with Gasteiger partial charge in [-0.3, -0.25) is 0 Å². The van der Waals surface area contributed by atoms with Crippen LogP contribution in [0, 0.1) is 17.7 Å². The number of hydrogen-bond acceptors (Lipinski definition) is 3. The predicted molar refractivity (Wildman–Crippen MR) is 80.9 cm³/mol. The van der Waals surface area contributed by atoms with Gasteiger partial charge in [0.1, 0.15) is 18.3 Å². The highest BCUT2D eigenvalue weighted by Gasteiger charge is 2.25. The summed E-state index contributed by atoms with van der Waals surface area (Å²) >= 11 is 0. The molecular weight excluding hydrogens is 267 g/mol. The van der Waals surface area contributed by atoms with Gasteiger partial charge >= 0.3 is 0 Å². The van der Waals surface area contributed by atoms with E-state index in [1.807, 2.05) is 6.07 Å². The summed E-state index contributed by atoms with van der Waals surface area (Å²) in [6, 6.07) is 5.62. The minimum absolute atomic E-state index is 0.290. The van der Waals surface area contributed by atoms with Gasteiger partial charge in [0, 0.05) is 11.7 Å². The molecule has 0 saturated heterocycles. The molecule has 0 aliphatic heterocycles. The molecule has 4 nitrogen and oxygen atoms in total. The summed E-state index contributed by atoms with van der Waals surface area (Å²) in [5.41, 5.74) is 1.26. The third-order valence-corrected chi connectivity index (χ3v) is 4.40. The van der Waals surface area contributed by atoms with E-state index in [4.69, 9.17) is 0 Å². The molecule has 3 rings (SSSR count). The normalized spacial score (nSPS) is 25.8. The maximum Gasteiger partial charge on any atom is 0.150 e. The second-order valence-electron chi connectivity index (χ2n) is 6.15. The van der Waals surface area contributed by atoms with Gasteiger partial charge in [-0.05, 0) is 49.3 Å². The Morgan fingerprint density at radius 2 is 2.14 bits per heavy atom. The summed E-state index contributed by atoms with van der Waals surface area (Å²) in [4.78, 5) is 3.84. The van der Waals surface area contributed by atoms with Gasteiger partial charge in [0.05, 0.1) is 0 Å². The fourth-order valence-corrected chi connectivity index (χ4v) is 3.21. The van der Waals surface area contributed by atoms with Gasteiger partial charge in [-0.15, -0.1) is 0 Å². The first kappa shape index (κ1) is 14.0. The highest BCUT2D eigenvalue weighted by Crippen LogP contribution is 2.31. The fourth-order valence-electron chi connectivity index (χ4n) is 3.21. The lowest BCUT2D eigenvalue weighted by atomic mass is 9.80. The molecule has 1 aliphatic carbocycles. The van der Waals surface area contributed by atoms with Gasteiger partial charge in [0.2, 0.25) is 0 Å². The first-order valence-electron chi connectivity index (χ1n) is 7.54. The molecule has 1 saturated carbocycles. The highest BCUT2D eigenvalue weighted by molar-refractivity contribution is 5.50. The van der Waals surface area contributed by atoms with Crippen LogP contribution in [-0.4, -0.2) is 20.8 Å². The van der Waals surface area contributed by atoms with Crippen molar-refractivity contribution >= 4 is 5.69 Å². The Morgan fingerprint density at radius 1 is 1.29 bits per heavy atom. The molecule has 1 aromatic carbocycles. The van der Waals surface area contributed by atoms with Crippen LogP contribution in [0.15, 0.2) is 30.9 Å². The van der Waals surface area contributed by atoms with Crippen molar-refractivity contribution in [2.24, 2.45) is 11.8 Å². The second kappa shape index (κ2) is 5.84. The summed E-state index contributed by atoms with van der Waals surface area (Å²) in [5, 5.41) is 7.44. The average molecular weight is 288 g/mol. The van der Waals surface area contributed by atoms with Gasteiger partial charge < -0.3 is 5.32 Å². The molecule has 0 bridgehead atoms. The standard InChI is InChI=1S/C16H21FN4/c1-11-3-5-15(12(2)7-11)20-13-4-6-16(14(17)8-13)21-10-18-9-19-21/h4,6,8-12,15,20H,3,5,7H2,1-2H3. The molecule has 3 atom stereocenters. The zero-order valence-corrected chi connectivity index (χ0v) is 12.5. The molecule has 0 radical (unpaired) electrons. The van der Waals surface area contributed by atoms with Crippen molar-refractivity contribution in [2.45, 2.75) is 39.2 Å². The second-order valence-corrected chi connectivity index (χ2v) is 6.15. The largest absolute Gasteiger partial charge is 0.382 e. The van der Waals surface area contributed by atoms with E-state index >= 15 is 0 Å². The first-order valence-corrected chi connectivity index (χ1v) is 7.54. The van der Waals surface area contributed by atoms with E-state index in [1.165, 1.54) is 30.2 Å². The number of nitrogens with zero attached hydrogens (tertiary/aromatic N) is 3. The van der Waals surface area contributed by atoms with E-state index in [9.17, 15) is 4.39 Å². The van der Waals surface area contributed by atoms with Crippen LogP contribution in [0.25, 0.3) is 5.69 Å². The number of hydrogen-bond donors (Lipinski definition) is 1. The number of anilines is 1. The van der Waals surface area contributed by atoms with E-state index in [0.29, 0.717) is 17.6 Å². The van der Waals surface area contributed by atoms with Crippen LogP contribution in [0.1, 0.15) is 33.1 Å². The molecule has 1 aromatic heterocycles. The van der Waals surface area contributed by atoms with Gasteiger partial charge in [-0.2, -0.15) is 5.10 Å². The van der Waals surface area contributed by atoms with Crippen LogP contribution >= 0.6 is 0 Å². The van der Waals surface area contributed by atoms with Crippen LogP contribution in [0.5, 0.6) is 0 Å². The molecule has 1 fully saturated rings. The monoisotopic (exact) mass is 288 g/mol. The van der Waals surface area contributed by atoms with E-state index < -0.39 is 0 Å². The van der Waals surface area contributed by atoms with Crippen molar-refractivity contribution in [3.63, 3.8) is 0 Å². The van der Waals surface area contributed by atoms with E-state index in [-0.39, 0.29) is 5.82 Å². The first-order chi connectivity index (χ1) is 10.1. The molecule has 5 heteroatoms. The minimum atomic E-state index is -0.290. The molecule has 1 heterocycles. The van der Waals surface area contributed by atoms with Crippen LogP contribution < -0.4 is 5.32 Å². The topological polar surface area (TPSA) is 42.7 Å². The van der Waals surface area contributed by atoms with Gasteiger partial charge in [0.15, 0.2) is 5.82 Å². The van der Waals surface area contributed by atoms with Crippen LogP contribution in [-0.2, 0) is 0 Å². The molecule has 1 N–H and O–H groups in total. The van der Waals surface area contributed by atoms with Crippen molar-refractivity contribution in [1.29, 1.82) is 0 Å². The number of nitrogens with one attached hydrogen (secondary N) is 1. The maximum atomic E-state index is 14.2. The molecule has 3 unspecified atom stereocenters. The SMILES string of the molecule is CC1CCC(Nc2ccc(-n3cncn3)c(F)c2)C(C)C1. The number of benzene rings is 1. The van der Waals surface area contributed by atoms with Crippen molar-refractivity contribution in [2.75, 3.05) is 5.32 Å². The van der Waals surface area contributed by atoms with Gasteiger partial charge in [-0.25, -0.2) is 14.1 Å². The lowest BCUT2D eigenvalue weighted by molar-refractivity contribution is 0.276. The number of halogens is 1. The molecule has 0 amide bonds.